The van der Waals surface area contributed by atoms with E-state index < -0.39 is 11.7 Å². The van der Waals surface area contributed by atoms with E-state index in [9.17, 15) is 18.0 Å². The van der Waals surface area contributed by atoms with E-state index in [-0.39, 0.29) is 10.8 Å². The number of carbonyl (C=O) groups is 1. The molecule has 0 unspecified atom stereocenters. The highest BCUT2D eigenvalue weighted by Gasteiger charge is 2.33. The normalized spacial score (nSPS) is 13.9. The molecular weight excluding hydrogens is 401 g/mol. The van der Waals surface area contributed by atoms with Gasteiger partial charge in [0.2, 0.25) is 0 Å². The molecule has 1 aromatic carbocycles. The van der Waals surface area contributed by atoms with E-state index in [0.717, 1.165) is 49.8 Å². The summed E-state index contributed by atoms with van der Waals surface area (Å²) >= 11 is 5.60. The molecule has 0 bridgehead atoms. The smallest absolute Gasteiger partial charge is 0.370 e. The minimum atomic E-state index is -4.52. The fourth-order valence-corrected chi connectivity index (χ4v) is 3.47. The van der Waals surface area contributed by atoms with Crippen molar-refractivity contribution in [2.75, 3.05) is 11.9 Å². The summed E-state index contributed by atoms with van der Waals surface area (Å²) < 4.78 is 38.6. The number of nitrogens with one attached hydrogen (secondary N) is 1. The van der Waals surface area contributed by atoms with Gasteiger partial charge in [-0.25, -0.2) is 4.98 Å². The van der Waals surface area contributed by atoms with Gasteiger partial charge in [-0.05, 0) is 67.5 Å². The zero-order valence-corrected chi connectivity index (χ0v) is 16.6. The van der Waals surface area contributed by atoms with Crippen molar-refractivity contribution in [1.29, 1.82) is 0 Å². The van der Waals surface area contributed by atoms with Gasteiger partial charge in [0.05, 0.1) is 10.6 Å². The number of aromatic nitrogens is 1. The predicted octanol–water partition coefficient (Wildman–Crippen LogP) is 6.11. The second kappa shape index (κ2) is 9.44. The lowest BCUT2D eigenvalue weighted by molar-refractivity contribution is -0.137. The number of anilines is 1. The van der Waals surface area contributed by atoms with Gasteiger partial charge in [-0.15, -0.1) is 0 Å². The lowest BCUT2D eigenvalue weighted by Gasteiger charge is -2.17. The standard InChI is InChI=1S/C22H22ClF3N2O/c23-20-12-8-15(14-19(20)22(24,25)26)7-11-18(29)6-2-1-5-17-10-9-16-4-3-13-27-21(16)28-17/h7-12,14H,1-6,13H2,(H,27,28)/b11-7+. The van der Waals surface area contributed by atoms with Crippen LogP contribution in [0.3, 0.4) is 0 Å². The number of nitrogens with zero attached hydrogens (tertiary/aromatic N) is 1. The van der Waals surface area contributed by atoms with Gasteiger partial charge in [-0.2, -0.15) is 13.2 Å². The molecule has 3 rings (SSSR count). The summed E-state index contributed by atoms with van der Waals surface area (Å²) in [6.45, 7) is 0.947. The number of unbranched alkanes of at least 4 members (excludes halogenated alkanes) is 1. The molecule has 2 aromatic rings. The van der Waals surface area contributed by atoms with Gasteiger partial charge in [0.1, 0.15) is 5.82 Å². The molecular formula is C22H22ClF3N2O. The van der Waals surface area contributed by atoms with Crippen LogP contribution in [0.4, 0.5) is 19.0 Å². The molecule has 0 fully saturated rings. The molecule has 7 heteroatoms. The molecule has 0 radical (unpaired) electrons. The molecule has 0 spiro atoms. The van der Waals surface area contributed by atoms with E-state index in [1.165, 1.54) is 29.8 Å². The Bertz CT molecular complexity index is 909. The van der Waals surface area contributed by atoms with Crippen molar-refractivity contribution in [3.8, 4) is 0 Å². The summed E-state index contributed by atoms with van der Waals surface area (Å²) in [5.74, 6) is 0.850. The Morgan fingerprint density at radius 2 is 2.03 bits per heavy atom. The van der Waals surface area contributed by atoms with Crippen LogP contribution in [0.2, 0.25) is 5.02 Å². The van der Waals surface area contributed by atoms with Gasteiger partial charge in [-0.3, -0.25) is 4.79 Å². The predicted molar refractivity (Wildman–Crippen MR) is 109 cm³/mol. The van der Waals surface area contributed by atoms with Crippen molar-refractivity contribution in [3.05, 3.63) is 63.8 Å². The zero-order chi connectivity index (χ0) is 20.9. The first kappa shape index (κ1) is 21.4. The molecule has 154 valence electrons. The summed E-state index contributed by atoms with van der Waals surface area (Å²) in [5, 5.41) is 2.95. The van der Waals surface area contributed by atoms with E-state index in [1.807, 2.05) is 6.07 Å². The number of pyridine rings is 1. The SMILES string of the molecule is O=C(/C=C/c1ccc(Cl)c(C(F)(F)F)c1)CCCCc1ccc2c(n1)NCCC2. The van der Waals surface area contributed by atoms with Gasteiger partial charge >= 0.3 is 6.18 Å². The maximum absolute atomic E-state index is 12.9. The van der Waals surface area contributed by atoms with E-state index in [4.69, 9.17) is 11.6 Å². The molecule has 1 aromatic heterocycles. The third-order valence-corrected chi connectivity index (χ3v) is 5.14. The van der Waals surface area contributed by atoms with Crippen LogP contribution in [0.25, 0.3) is 6.08 Å². The van der Waals surface area contributed by atoms with Crippen molar-refractivity contribution in [3.63, 3.8) is 0 Å². The molecule has 1 aliphatic heterocycles. The van der Waals surface area contributed by atoms with Crippen LogP contribution in [-0.4, -0.2) is 17.3 Å². The number of hydrogen-bond acceptors (Lipinski definition) is 3. The molecule has 0 saturated carbocycles. The Labute approximate surface area is 173 Å². The van der Waals surface area contributed by atoms with E-state index in [1.54, 1.807) is 0 Å². The van der Waals surface area contributed by atoms with Crippen LogP contribution in [0.5, 0.6) is 0 Å². The number of halogens is 4. The third kappa shape index (κ3) is 6.07. The van der Waals surface area contributed by atoms with E-state index in [0.29, 0.717) is 18.4 Å². The molecule has 1 aliphatic rings. The van der Waals surface area contributed by atoms with Crippen LogP contribution < -0.4 is 5.32 Å². The fourth-order valence-electron chi connectivity index (χ4n) is 3.25. The zero-order valence-electron chi connectivity index (χ0n) is 15.9. The minimum absolute atomic E-state index is 0.117. The van der Waals surface area contributed by atoms with Crippen LogP contribution in [0, 0.1) is 0 Å². The Hall–Kier alpha value is -2.34. The Morgan fingerprint density at radius 1 is 1.21 bits per heavy atom. The van der Waals surface area contributed by atoms with Gasteiger partial charge in [0, 0.05) is 18.7 Å². The topological polar surface area (TPSA) is 42.0 Å². The van der Waals surface area contributed by atoms with E-state index >= 15 is 0 Å². The molecule has 0 aliphatic carbocycles. The number of alkyl halides is 3. The average Bonchev–Trinajstić information content (AvgIpc) is 2.69. The molecule has 0 atom stereocenters. The van der Waals surface area contributed by atoms with Gasteiger partial charge in [0.15, 0.2) is 5.78 Å². The number of carbonyl (C=O) groups excluding carboxylic acids is 1. The third-order valence-electron chi connectivity index (χ3n) is 4.82. The Balaban J connectivity index is 1.47. The van der Waals surface area contributed by atoms with Crippen LogP contribution in [0.15, 0.2) is 36.4 Å². The Morgan fingerprint density at radius 3 is 2.83 bits per heavy atom. The number of benzene rings is 1. The summed E-state index contributed by atoms with van der Waals surface area (Å²) in [6.07, 6.45) is 3.03. The van der Waals surface area contributed by atoms with Gasteiger partial charge < -0.3 is 5.32 Å². The maximum atomic E-state index is 12.9. The molecule has 2 heterocycles. The second-order valence-corrected chi connectivity index (χ2v) is 7.49. The molecule has 0 amide bonds. The molecule has 1 N–H and O–H groups in total. The van der Waals surface area contributed by atoms with Crippen molar-refractivity contribution in [1.82, 2.24) is 4.98 Å². The molecule has 3 nitrogen and oxygen atoms in total. The van der Waals surface area contributed by atoms with Crippen molar-refractivity contribution >= 4 is 29.3 Å². The highest BCUT2D eigenvalue weighted by molar-refractivity contribution is 6.31. The van der Waals surface area contributed by atoms with Crippen molar-refractivity contribution in [2.45, 2.75) is 44.7 Å². The quantitative estimate of drug-likeness (QED) is 0.432. The van der Waals surface area contributed by atoms with Crippen LogP contribution >= 0.6 is 11.6 Å². The number of fused-ring (bicyclic) bond motifs is 1. The number of rotatable bonds is 7. The Kier molecular flexibility index (Phi) is 6.96. The van der Waals surface area contributed by atoms with Crippen molar-refractivity contribution < 1.29 is 18.0 Å². The van der Waals surface area contributed by atoms with Crippen LogP contribution in [0.1, 0.15) is 48.1 Å². The minimum Gasteiger partial charge on any atom is -0.370 e. The lowest BCUT2D eigenvalue weighted by atomic mass is 10.0. The maximum Gasteiger partial charge on any atom is 0.417 e. The van der Waals surface area contributed by atoms with Gasteiger partial charge in [0.25, 0.3) is 0 Å². The number of aryl methyl sites for hydroxylation is 2. The first-order valence-electron chi connectivity index (χ1n) is 9.63. The van der Waals surface area contributed by atoms with E-state index in [2.05, 4.69) is 16.4 Å². The lowest BCUT2D eigenvalue weighted by Crippen LogP contribution is -2.14. The summed E-state index contributed by atoms with van der Waals surface area (Å²) in [6, 6.07) is 7.74. The molecule has 0 saturated heterocycles. The highest BCUT2D eigenvalue weighted by Crippen LogP contribution is 2.35. The first-order valence-corrected chi connectivity index (χ1v) is 10.0. The number of hydrogen-bond donors (Lipinski definition) is 1. The summed E-state index contributed by atoms with van der Waals surface area (Å²) in [7, 11) is 0. The van der Waals surface area contributed by atoms with Crippen LogP contribution in [-0.2, 0) is 23.8 Å². The van der Waals surface area contributed by atoms with Crippen molar-refractivity contribution in [2.24, 2.45) is 0 Å². The summed E-state index contributed by atoms with van der Waals surface area (Å²) in [5.41, 5.74) is 1.64. The second-order valence-electron chi connectivity index (χ2n) is 7.08. The fraction of sp³-hybridized carbons (Fsp3) is 0.364. The summed E-state index contributed by atoms with van der Waals surface area (Å²) in [4.78, 5) is 16.6. The number of ketones is 1. The average molecular weight is 423 g/mol. The largest absolute Gasteiger partial charge is 0.417 e. The number of allylic oxidation sites excluding steroid dienone is 1. The monoisotopic (exact) mass is 422 g/mol. The molecule has 29 heavy (non-hydrogen) atoms. The highest BCUT2D eigenvalue weighted by atomic mass is 35.5. The van der Waals surface area contributed by atoms with Gasteiger partial charge in [-0.1, -0.05) is 29.8 Å². The first-order chi connectivity index (χ1) is 13.8.